The van der Waals surface area contributed by atoms with Gasteiger partial charge in [0.1, 0.15) is 18.9 Å². The third-order valence-corrected chi connectivity index (χ3v) is 24.9. The molecule has 2 aliphatic rings. The van der Waals surface area contributed by atoms with E-state index in [2.05, 4.69) is 95.0 Å². The molecule has 0 aliphatic heterocycles. The standard InChI is InChI=1S/C40H80O7Si3/c1-17-50(18-2,19-3)47-35-27-34(38(8,9)31(4)42)40(29-41,23-20-24-45-30-43-11)36-33(46-49(15,16)37(5,6)7)22-21-32(39(35,36)10)28-44-25-26-48(12,13)14/h29,32-36H,17-28,30H2,1-16H3/t32-,33+,34+,35+,36?,39-,40-/m1/s1. The summed E-state index contributed by atoms with van der Waals surface area (Å²) in [5, 5.41) is 0.00929. The average molecular weight is 757 g/mol. The lowest BCUT2D eigenvalue weighted by atomic mass is 9.39. The molecule has 0 amide bonds. The molecule has 7 atom stereocenters. The van der Waals surface area contributed by atoms with Crippen molar-refractivity contribution in [3.8, 4) is 0 Å². The van der Waals surface area contributed by atoms with Crippen LogP contribution in [0.15, 0.2) is 0 Å². The maximum Gasteiger partial charge on any atom is 0.192 e. The van der Waals surface area contributed by atoms with Crippen LogP contribution >= 0.6 is 0 Å². The number of hydrogen-bond acceptors (Lipinski definition) is 7. The molecule has 0 radical (unpaired) electrons. The van der Waals surface area contributed by atoms with Gasteiger partial charge in [-0.05, 0) is 93.2 Å². The number of hydrogen-bond donors (Lipinski definition) is 0. The molecule has 0 aromatic carbocycles. The van der Waals surface area contributed by atoms with Crippen LogP contribution in [0.2, 0.25) is 61.9 Å². The van der Waals surface area contributed by atoms with Crippen molar-refractivity contribution in [2.75, 3.05) is 33.7 Å². The molecule has 2 aliphatic carbocycles. The Balaban J connectivity index is 2.95. The number of ether oxygens (including phenoxy) is 3. The fourth-order valence-corrected chi connectivity index (χ4v) is 14.3. The SMILES string of the molecule is CC[Si](CC)(CC)O[C@H]1C[C@@H](C(C)(C)C(C)=O)[C@](C=O)(CCCOCOC)C2[C@@H](O[Si](C)(C)C(C)(C)C)CC[C@H](COCC[Si](C)(C)C)[C@@]21C. The van der Waals surface area contributed by atoms with Crippen LogP contribution in [0.4, 0.5) is 0 Å². The summed E-state index contributed by atoms with van der Waals surface area (Å²) in [6.45, 7) is 36.1. The summed E-state index contributed by atoms with van der Waals surface area (Å²) in [6, 6.07) is 4.28. The minimum atomic E-state index is -2.26. The highest BCUT2D eigenvalue weighted by Crippen LogP contribution is 2.67. The minimum Gasteiger partial charge on any atom is -0.414 e. The van der Waals surface area contributed by atoms with Crippen molar-refractivity contribution in [3.05, 3.63) is 0 Å². The lowest BCUT2D eigenvalue weighted by molar-refractivity contribution is -0.230. The highest BCUT2D eigenvalue weighted by Gasteiger charge is 2.69. The number of carbonyl (C=O) groups is 2. The summed E-state index contributed by atoms with van der Waals surface area (Å²) in [7, 11) is -4.00. The highest BCUT2D eigenvalue weighted by molar-refractivity contribution is 6.76. The number of aldehydes is 1. The molecule has 0 aromatic rings. The molecule has 7 nitrogen and oxygen atoms in total. The van der Waals surface area contributed by atoms with Gasteiger partial charge in [-0.15, -0.1) is 0 Å². The largest absolute Gasteiger partial charge is 0.414 e. The average Bonchev–Trinajstić information content (AvgIpc) is 3.02. The molecule has 2 fully saturated rings. The van der Waals surface area contributed by atoms with Crippen molar-refractivity contribution in [2.24, 2.45) is 34.0 Å². The Morgan fingerprint density at radius 3 is 1.98 bits per heavy atom. The third-order valence-electron chi connectivity index (χ3n) is 14.1. The van der Waals surface area contributed by atoms with E-state index in [4.69, 9.17) is 23.1 Å². The second-order valence-corrected chi connectivity index (χ2v) is 34.6. The number of ketones is 1. The van der Waals surface area contributed by atoms with Gasteiger partial charge in [0, 0.05) is 63.3 Å². The van der Waals surface area contributed by atoms with E-state index in [1.807, 2.05) is 0 Å². The van der Waals surface area contributed by atoms with E-state index in [-0.39, 0.29) is 53.0 Å². The van der Waals surface area contributed by atoms with Gasteiger partial charge < -0.3 is 27.9 Å². The zero-order chi connectivity index (χ0) is 38.4. The van der Waals surface area contributed by atoms with Gasteiger partial charge in [-0.3, -0.25) is 4.79 Å². The summed E-state index contributed by atoms with van der Waals surface area (Å²) in [5.74, 6) is -0.00500. The number of carbonyl (C=O) groups excluding carboxylic acids is 2. The van der Waals surface area contributed by atoms with E-state index in [1.165, 1.54) is 6.29 Å². The van der Waals surface area contributed by atoms with Gasteiger partial charge in [0.05, 0.1) is 6.10 Å². The first kappa shape index (κ1) is 45.9. The van der Waals surface area contributed by atoms with Crippen molar-refractivity contribution in [1.82, 2.24) is 0 Å². The smallest absolute Gasteiger partial charge is 0.192 e. The van der Waals surface area contributed by atoms with Crippen LogP contribution in [0.5, 0.6) is 0 Å². The van der Waals surface area contributed by atoms with E-state index in [9.17, 15) is 9.59 Å². The molecule has 0 saturated heterocycles. The lowest BCUT2D eigenvalue weighted by Crippen LogP contribution is -2.70. The van der Waals surface area contributed by atoms with Crippen molar-refractivity contribution >= 4 is 36.8 Å². The zero-order valence-corrected chi connectivity index (χ0v) is 38.5. The predicted octanol–water partition coefficient (Wildman–Crippen LogP) is 10.4. The first-order chi connectivity index (χ1) is 23.0. The molecular formula is C40H80O7Si3. The van der Waals surface area contributed by atoms with E-state index < -0.39 is 35.5 Å². The van der Waals surface area contributed by atoms with Crippen molar-refractivity contribution < 1.29 is 32.7 Å². The topological polar surface area (TPSA) is 80.3 Å². The number of Topliss-reactive ketones (excluding diaryl/α,β-unsaturated/α-hetero) is 1. The van der Waals surface area contributed by atoms with Crippen molar-refractivity contribution in [2.45, 2.75) is 175 Å². The molecule has 0 bridgehead atoms. The monoisotopic (exact) mass is 757 g/mol. The Hall–Kier alpha value is -0.209. The summed E-state index contributed by atoms with van der Waals surface area (Å²) in [6.07, 6.45) is 4.92. The molecule has 0 spiro atoms. The molecule has 2 saturated carbocycles. The predicted molar refractivity (Wildman–Crippen MR) is 216 cm³/mol. The van der Waals surface area contributed by atoms with Crippen molar-refractivity contribution in [3.63, 3.8) is 0 Å². The van der Waals surface area contributed by atoms with Crippen LogP contribution < -0.4 is 0 Å². The molecule has 1 unspecified atom stereocenters. The minimum absolute atomic E-state index is 0.00929. The van der Waals surface area contributed by atoms with Crippen LogP contribution in [0, 0.1) is 34.0 Å². The molecule has 10 heteroatoms. The summed E-state index contributed by atoms with van der Waals surface area (Å²) >= 11 is 0. The molecule has 294 valence electrons. The molecule has 0 N–H and O–H groups in total. The van der Waals surface area contributed by atoms with Crippen LogP contribution in [0.25, 0.3) is 0 Å². The highest BCUT2D eigenvalue weighted by atomic mass is 28.4. The van der Waals surface area contributed by atoms with Gasteiger partial charge in [0.25, 0.3) is 0 Å². The normalized spacial score (nSPS) is 29.9. The van der Waals surface area contributed by atoms with Gasteiger partial charge in [-0.25, -0.2) is 0 Å². The summed E-state index contributed by atoms with van der Waals surface area (Å²) < 4.78 is 32.9. The summed E-state index contributed by atoms with van der Waals surface area (Å²) in [5.41, 5.74) is -1.92. The molecule has 2 rings (SSSR count). The van der Waals surface area contributed by atoms with E-state index >= 15 is 0 Å². The van der Waals surface area contributed by atoms with E-state index in [0.717, 1.165) is 43.6 Å². The molecule has 0 aromatic heterocycles. The Labute approximate surface area is 311 Å². The Morgan fingerprint density at radius 1 is 0.900 bits per heavy atom. The Bertz CT molecular complexity index is 1070. The molecule has 0 heterocycles. The van der Waals surface area contributed by atoms with Crippen LogP contribution in [-0.2, 0) is 32.7 Å². The Kier molecular flexibility index (Phi) is 16.5. The van der Waals surface area contributed by atoms with Crippen LogP contribution in [0.1, 0.15) is 101 Å². The van der Waals surface area contributed by atoms with E-state index in [1.54, 1.807) is 14.0 Å². The fourth-order valence-electron chi connectivity index (χ4n) is 9.19. The first-order valence-electron chi connectivity index (χ1n) is 20.0. The van der Waals surface area contributed by atoms with Gasteiger partial charge in [-0.2, -0.15) is 0 Å². The number of methoxy groups -OCH3 is 1. The fraction of sp³-hybridized carbons (Fsp3) is 0.950. The second kappa shape index (κ2) is 18.0. The summed E-state index contributed by atoms with van der Waals surface area (Å²) in [4.78, 5) is 28.1. The molecular weight excluding hydrogens is 677 g/mol. The number of rotatable bonds is 21. The maximum atomic E-state index is 14.3. The second-order valence-electron chi connectivity index (χ2n) is 19.5. The number of fused-ring (bicyclic) bond motifs is 1. The zero-order valence-electron chi connectivity index (χ0n) is 35.5. The Morgan fingerprint density at radius 2 is 1.50 bits per heavy atom. The maximum absolute atomic E-state index is 14.3. The lowest BCUT2D eigenvalue weighted by Gasteiger charge is -2.68. The van der Waals surface area contributed by atoms with Crippen LogP contribution in [-0.4, -0.2) is 82.7 Å². The first-order valence-corrected chi connectivity index (χ1v) is 29.1. The molecule has 50 heavy (non-hydrogen) atoms. The van der Waals surface area contributed by atoms with Crippen molar-refractivity contribution in [1.29, 1.82) is 0 Å². The van der Waals surface area contributed by atoms with E-state index in [0.29, 0.717) is 32.5 Å². The van der Waals surface area contributed by atoms with Gasteiger partial charge in [-0.1, -0.05) is 82.0 Å². The van der Waals surface area contributed by atoms with Gasteiger partial charge >= 0.3 is 0 Å². The van der Waals surface area contributed by atoms with Gasteiger partial charge in [0.2, 0.25) is 0 Å². The van der Waals surface area contributed by atoms with Gasteiger partial charge in [0.15, 0.2) is 16.6 Å². The quantitative estimate of drug-likeness (QED) is 0.0499. The third kappa shape index (κ3) is 10.1. The van der Waals surface area contributed by atoms with Crippen LogP contribution in [0.3, 0.4) is 0 Å².